The molecule has 1 unspecified atom stereocenters. The fraction of sp³-hybridized carbons (Fsp3) is 0.368. The summed E-state index contributed by atoms with van der Waals surface area (Å²) in [4.78, 5) is 37.3. The highest BCUT2D eigenvalue weighted by Gasteiger charge is 2.24. The molecule has 0 saturated carbocycles. The summed E-state index contributed by atoms with van der Waals surface area (Å²) >= 11 is 0. The van der Waals surface area contributed by atoms with Crippen molar-refractivity contribution in [3.05, 3.63) is 35.9 Å². The predicted molar refractivity (Wildman–Crippen MR) is 94.5 cm³/mol. The zero-order valence-corrected chi connectivity index (χ0v) is 14.2. The summed E-state index contributed by atoms with van der Waals surface area (Å²) in [5.41, 5.74) is 1.59. The van der Waals surface area contributed by atoms with Crippen LogP contribution in [0.1, 0.15) is 31.7 Å². The van der Waals surface area contributed by atoms with Crippen LogP contribution in [0.25, 0.3) is 6.08 Å². The second-order valence-electron chi connectivity index (χ2n) is 5.83. The lowest BCUT2D eigenvalue weighted by atomic mass is 10.0. The van der Waals surface area contributed by atoms with E-state index in [1.165, 1.54) is 6.08 Å². The minimum atomic E-state index is -1.33. The first-order valence-corrected chi connectivity index (χ1v) is 8.36. The van der Waals surface area contributed by atoms with E-state index in [0.717, 1.165) is 30.6 Å². The summed E-state index contributed by atoms with van der Waals surface area (Å²) in [6.07, 6.45) is 4.99. The van der Waals surface area contributed by atoms with Crippen LogP contribution in [0, 0.1) is 17.2 Å². The van der Waals surface area contributed by atoms with Crippen LogP contribution in [0.15, 0.2) is 30.3 Å². The molecule has 0 aromatic heterocycles. The van der Waals surface area contributed by atoms with Crippen molar-refractivity contribution in [2.45, 2.75) is 26.2 Å². The molecule has 2 rings (SSSR count). The van der Waals surface area contributed by atoms with Crippen LogP contribution < -0.4 is 10.2 Å². The number of carbonyl (C=O) groups excluding carboxylic acids is 3. The minimum Gasteiger partial charge on any atom is -0.355 e. The third-order valence-electron chi connectivity index (χ3n) is 3.94. The molecule has 1 aliphatic heterocycles. The Kier molecular flexibility index (Phi) is 6.47. The molecule has 1 atom stereocenters. The number of benzene rings is 1. The van der Waals surface area contributed by atoms with E-state index in [1.807, 2.05) is 19.1 Å². The number of hydrogen-bond acceptors (Lipinski definition) is 4. The quantitative estimate of drug-likeness (QED) is 0.608. The van der Waals surface area contributed by atoms with Gasteiger partial charge in [-0.1, -0.05) is 25.1 Å². The fourth-order valence-corrected chi connectivity index (χ4v) is 2.56. The van der Waals surface area contributed by atoms with Crippen LogP contribution in [-0.2, 0) is 14.4 Å². The van der Waals surface area contributed by atoms with E-state index < -0.39 is 17.6 Å². The summed E-state index contributed by atoms with van der Waals surface area (Å²) in [5, 5.41) is 11.6. The number of rotatable bonds is 7. The van der Waals surface area contributed by atoms with E-state index in [9.17, 15) is 14.4 Å². The Morgan fingerprint density at radius 2 is 2.08 bits per heavy atom. The third-order valence-corrected chi connectivity index (χ3v) is 3.94. The summed E-state index contributed by atoms with van der Waals surface area (Å²) in [5.74, 6) is -2.32. The van der Waals surface area contributed by atoms with Crippen molar-refractivity contribution in [2.24, 2.45) is 5.92 Å². The Balaban J connectivity index is 2.00. The first kappa shape index (κ1) is 18.4. The van der Waals surface area contributed by atoms with Gasteiger partial charge >= 0.3 is 0 Å². The van der Waals surface area contributed by atoms with Gasteiger partial charge in [-0.3, -0.25) is 14.4 Å². The maximum atomic E-state index is 12.0. The molecule has 1 saturated heterocycles. The molecule has 2 amide bonds. The number of anilines is 1. The number of ketones is 1. The van der Waals surface area contributed by atoms with Crippen molar-refractivity contribution in [1.29, 1.82) is 5.26 Å². The van der Waals surface area contributed by atoms with Crippen LogP contribution in [-0.4, -0.2) is 30.7 Å². The maximum absolute atomic E-state index is 12.0. The first-order chi connectivity index (χ1) is 12.1. The van der Waals surface area contributed by atoms with Gasteiger partial charge in [0.15, 0.2) is 11.7 Å². The van der Waals surface area contributed by atoms with Crippen LogP contribution in [0.4, 0.5) is 5.69 Å². The van der Waals surface area contributed by atoms with Crippen molar-refractivity contribution < 1.29 is 14.4 Å². The first-order valence-electron chi connectivity index (χ1n) is 8.36. The summed E-state index contributed by atoms with van der Waals surface area (Å²) in [7, 11) is 0. The van der Waals surface area contributed by atoms with Crippen LogP contribution >= 0.6 is 0 Å². The molecule has 1 aromatic rings. The zero-order valence-electron chi connectivity index (χ0n) is 14.2. The third kappa shape index (κ3) is 4.77. The largest absolute Gasteiger partial charge is 0.355 e. The van der Waals surface area contributed by atoms with Crippen molar-refractivity contribution in [3.63, 3.8) is 0 Å². The molecule has 1 aromatic carbocycles. The molecule has 1 N–H and O–H groups in total. The van der Waals surface area contributed by atoms with Gasteiger partial charge in [-0.25, -0.2) is 0 Å². The molecule has 0 bridgehead atoms. The van der Waals surface area contributed by atoms with Gasteiger partial charge in [0.2, 0.25) is 11.8 Å². The van der Waals surface area contributed by atoms with Crippen LogP contribution in [0.3, 0.4) is 0 Å². The fourth-order valence-electron chi connectivity index (χ4n) is 2.56. The van der Waals surface area contributed by atoms with Crippen LogP contribution in [0.5, 0.6) is 0 Å². The van der Waals surface area contributed by atoms with E-state index in [0.29, 0.717) is 13.0 Å². The molecule has 6 heteroatoms. The molecule has 0 radical (unpaired) electrons. The van der Waals surface area contributed by atoms with Crippen LogP contribution in [0.2, 0.25) is 0 Å². The summed E-state index contributed by atoms with van der Waals surface area (Å²) in [6.45, 7) is 3.05. The standard InChI is InChI=1S/C19H21N3O3/c1-2-11-21-19(25)16(13-20)17(23)10-7-14-5-8-15(9-6-14)22-12-3-4-18(22)24/h5-10,16H,2-4,11-12H2,1H3,(H,21,25). The van der Waals surface area contributed by atoms with E-state index in [1.54, 1.807) is 29.2 Å². The normalized spacial score (nSPS) is 15.2. The average Bonchev–Trinajstić information content (AvgIpc) is 3.05. The van der Waals surface area contributed by atoms with Gasteiger partial charge < -0.3 is 10.2 Å². The van der Waals surface area contributed by atoms with Crippen molar-refractivity contribution in [2.75, 3.05) is 18.0 Å². The molecule has 6 nitrogen and oxygen atoms in total. The molecular weight excluding hydrogens is 318 g/mol. The second-order valence-corrected chi connectivity index (χ2v) is 5.83. The SMILES string of the molecule is CCCNC(=O)C(C#N)C(=O)C=Cc1ccc(N2CCCC2=O)cc1. The van der Waals surface area contributed by atoms with Gasteiger partial charge in [0.25, 0.3) is 0 Å². The zero-order chi connectivity index (χ0) is 18.2. The van der Waals surface area contributed by atoms with Crippen molar-refractivity contribution in [3.8, 4) is 6.07 Å². The predicted octanol–water partition coefficient (Wildman–Crippen LogP) is 2.06. The Bertz CT molecular complexity index is 716. The van der Waals surface area contributed by atoms with Gasteiger partial charge in [0, 0.05) is 25.2 Å². The highest BCUT2D eigenvalue weighted by molar-refractivity contribution is 6.10. The number of nitriles is 1. The smallest absolute Gasteiger partial charge is 0.245 e. The van der Waals surface area contributed by atoms with Gasteiger partial charge in [-0.2, -0.15) is 5.26 Å². The number of hydrogen-bond donors (Lipinski definition) is 1. The Morgan fingerprint density at radius 1 is 1.36 bits per heavy atom. The van der Waals surface area contributed by atoms with E-state index in [-0.39, 0.29) is 5.91 Å². The number of allylic oxidation sites excluding steroid dienone is 1. The number of carbonyl (C=O) groups is 3. The van der Waals surface area contributed by atoms with E-state index in [4.69, 9.17) is 5.26 Å². The number of amides is 2. The van der Waals surface area contributed by atoms with Gasteiger partial charge in [-0.15, -0.1) is 0 Å². The molecule has 1 fully saturated rings. The summed E-state index contributed by atoms with van der Waals surface area (Å²) < 4.78 is 0. The average molecular weight is 339 g/mol. The molecule has 0 aliphatic carbocycles. The van der Waals surface area contributed by atoms with E-state index in [2.05, 4.69) is 5.32 Å². The lowest BCUT2D eigenvalue weighted by Crippen LogP contribution is -2.34. The maximum Gasteiger partial charge on any atom is 0.245 e. The Morgan fingerprint density at radius 3 is 2.64 bits per heavy atom. The number of nitrogens with zero attached hydrogens (tertiary/aromatic N) is 2. The molecular formula is C19H21N3O3. The van der Waals surface area contributed by atoms with E-state index >= 15 is 0 Å². The summed E-state index contributed by atoms with van der Waals surface area (Å²) in [6, 6.07) is 8.98. The lowest BCUT2D eigenvalue weighted by molar-refractivity contribution is -0.129. The molecule has 0 spiro atoms. The van der Waals surface area contributed by atoms with Crippen molar-refractivity contribution in [1.82, 2.24) is 5.32 Å². The second kappa shape index (κ2) is 8.78. The molecule has 25 heavy (non-hydrogen) atoms. The topological polar surface area (TPSA) is 90.3 Å². The minimum absolute atomic E-state index is 0.119. The van der Waals surface area contributed by atoms with Crippen molar-refractivity contribution >= 4 is 29.4 Å². The molecule has 130 valence electrons. The Hall–Kier alpha value is -2.94. The molecule has 1 heterocycles. The highest BCUT2D eigenvalue weighted by Crippen LogP contribution is 2.21. The van der Waals surface area contributed by atoms with Gasteiger partial charge in [0.05, 0.1) is 6.07 Å². The van der Waals surface area contributed by atoms with Gasteiger partial charge in [-0.05, 0) is 36.6 Å². The lowest BCUT2D eigenvalue weighted by Gasteiger charge is -2.15. The molecule has 1 aliphatic rings. The number of nitrogens with one attached hydrogen (secondary N) is 1. The Labute approximate surface area is 147 Å². The monoisotopic (exact) mass is 339 g/mol. The highest BCUT2D eigenvalue weighted by atomic mass is 16.2. The van der Waals surface area contributed by atoms with Gasteiger partial charge in [0.1, 0.15) is 0 Å².